The van der Waals surface area contributed by atoms with Crippen LogP contribution in [0.25, 0.3) is 0 Å². The topological polar surface area (TPSA) is 32.7 Å². The minimum atomic E-state index is 0.332. The highest BCUT2D eigenvalue weighted by atomic mass is 16.5. The first-order valence-corrected chi connectivity index (χ1v) is 7.35. The molecule has 0 saturated carbocycles. The average Bonchev–Trinajstić information content (AvgIpc) is 2.45. The molecule has 1 saturated heterocycles. The minimum absolute atomic E-state index is 0.332. The van der Waals surface area contributed by atoms with Crippen LogP contribution in [-0.2, 0) is 4.74 Å². The normalized spacial score (nSPS) is 22.3. The first-order chi connectivity index (χ1) is 9.20. The van der Waals surface area contributed by atoms with Crippen molar-refractivity contribution in [1.29, 1.82) is 0 Å². The van der Waals surface area contributed by atoms with Gasteiger partial charge in [0.15, 0.2) is 0 Å². The van der Waals surface area contributed by atoms with Crippen molar-refractivity contribution < 1.29 is 9.84 Å². The van der Waals surface area contributed by atoms with E-state index in [-0.39, 0.29) is 0 Å². The highest BCUT2D eigenvalue weighted by molar-refractivity contribution is 5.27. The second-order valence-electron chi connectivity index (χ2n) is 5.40. The summed E-state index contributed by atoms with van der Waals surface area (Å²) in [5.74, 6) is 0.332. The molecule has 0 spiro atoms. The molecule has 3 heteroatoms. The molecule has 0 aromatic heterocycles. The number of hydrogen-bond acceptors (Lipinski definition) is 3. The van der Waals surface area contributed by atoms with Crippen LogP contribution in [0.15, 0.2) is 24.3 Å². The van der Waals surface area contributed by atoms with Crippen LogP contribution >= 0.6 is 0 Å². The van der Waals surface area contributed by atoms with Crippen molar-refractivity contribution in [2.45, 2.75) is 45.3 Å². The van der Waals surface area contributed by atoms with Crippen molar-refractivity contribution in [1.82, 2.24) is 4.90 Å². The molecule has 0 radical (unpaired) electrons. The van der Waals surface area contributed by atoms with E-state index >= 15 is 0 Å². The predicted molar refractivity (Wildman–Crippen MR) is 77.4 cm³/mol. The van der Waals surface area contributed by atoms with E-state index in [2.05, 4.69) is 18.7 Å². The molecule has 1 N–H and O–H groups in total. The molecule has 1 fully saturated rings. The number of phenols is 1. The van der Waals surface area contributed by atoms with Crippen molar-refractivity contribution in [2.75, 3.05) is 19.7 Å². The van der Waals surface area contributed by atoms with Gasteiger partial charge in [0.05, 0.1) is 6.10 Å². The molecule has 0 bridgehead atoms. The monoisotopic (exact) mass is 263 g/mol. The Morgan fingerprint density at radius 2 is 2.11 bits per heavy atom. The summed E-state index contributed by atoms with van der Waals surface area (Å²) in [5.41, 5.74) is 1.26. The Bertz CT molecular complexity index is 377. The van der Waals surface area contributed by atoms with Crippen molar-refractivity contribution in [3.8, 4) is 5.75 Å². The fourth-order valence-electron chi connectivity index (χ4n) is 2.70. The lowest BCUT2D eigenvalue weighted by molar-refractivity contribution is -0.0107. The van der Waals surface area contributed by atoms with E-state index in [0.29, 0.717) is 17.9 Å². The fraction of sp³-hybridized carbons (Fsp3) is 0.625. The van der Waals surface area contributed by atoms with Gasteiger partial charge in [-0.3, -0.25) is 4.90 Å². The number of rotatable bonds is 5. The van der Waals surface area contributed by atoms with E-state index in [0.717, 1.165) is 26.1 Å². The van der Waals surface area contributed by atoms with Crippen molar-refractivity contribution in [3.63, 3.8) is 0 Å². The Balaban J connectivity index is 1.94. The molecule has 2 unspecified atom stereocenters. The number of likely N-dealkylation sites (tertiary alicyclic amines) is 1. The minimum Gasteiger partial charge on any atom is -0.508 e. The first kappa shape index (κ1) is 14.4. The maximum Gasteiger partial charge on any atom is 0.115 e. The third kappa shape index (κ3) is 3.95. The third-order valence-corrected chi connectivity index (χ3v) is 3.89. The van der Waals surface area contributed by atoms with Gasteiger partial charge >= 0.3 is 0 Å². The third-order valence-electron chi connectivity index (χ3n) is 3.89. The molecular formula is C16H25NO2. The summed E-state index contributed by atoms with van der Waals surface area (Å²) >= 11 is 0. The maximum atomic E-state index is 9.35. The summed E-state index contributed by atoms with van der Waals surface area (Å²) in [7, 11) is 0. The van der Waals surface area contributed by atoms with Gasteiger partial charge in [-0.15, -0.1) is 0 Å². The Hall–Kier alpha value is -1.06. The number of piperidine rings is 1. The molecule has 106 valence electrons. The quantitative estimate of drug-likeness (QED) is 0.884. The lowest BCUT2D eigenvalue weighted by Crippen LogP contribution is -2.41. The summed E-state index contributed by atoms with van der Waals surface area (Å²) in [6, 6.07) is 7.93. The zero-order valence-electron chi connectivity index (χ0n) is 12.0. The van der Waals surface area contributed by atoms with Gasteiger partial charge in [0.1, 0.15) is 5.75 Å². The van der Waals surface area contributed by atoms with E-state index in [1.54, 1.807) is 12.1 Å². The van der Waals surface area contributed by atoms with Crippen LogP contribution in [0.1, 0.15) is 44.7 Å². The van der Waals surface area contributed by atoms with Gasteiger partial charge in [0.2, 0.25) is 0 Å². The van der Waals surface area contributed by atoms with E-state index in [9.17, 15) is 5.11 Å². The standard InChI is InChI=1S/C16H25NO2/c1-3-11-19-16-5-4-10-17(12-16)13(2)14-6-8-15(18)9-7-14/h6-9,13,16,18H,3-5,10-12H2,1-2H3. The number of aromatic hydroxyl groups is 1. The number of hydrogen-bond donors (Lipinski definition) is 1. The summed E-state index contributed by atoms with van der Waals surface area (Å²) in [6.07, 6.45) is 3.85. The van der Waals surface area contributed by atoms with E-state index in [4.69, 9.17) is 4.74 Å². The molecule has 0 amide bonds. The Labute approximate surface area is 116 Å². The van der Waals surface area contributed by atoms with Gasteiger partial charge in [0, 0.05) is 19.2 Å². The van der Waals surface area contributed by atoms with Crippen LogP contribution in [0.2, 0.25) is 0 Å². The van der Waals surface area contributed by atoms with Gasteiger partial charge in [-0.1, -0.05) is 19.1 Å². The molecule has 1 heterocycles. The van der Waals surface area contributed by atoms with Gasteiger partial charge in [-0.2, -0.15) is 0 Å². The van der Waals surface area contributed by atoms with Crippen molar-refractivity contribution in [2.24, 2.45) is 0 Å². The highest BCUT2D eigenvalue weighted by Crippen LogP contribution is 2.26. The van der Waals surface area contributed by atoms with Gasteiger partial charge in [-0.05, 0) is 50.4 Å². The van der Waals surface area contributed by atoms with Crippen LogP contribution in [-0.4, -0.2) is 35.8 Å². The number of phenolic OH excluding ortho intramolecular Hbond substituents is 1. The van der Waals surface area contributed by atoms with Gasteiger partial charge in [0.25, 0.3) is 0 Å². The molecule has 2 rings (SSSR count). The second kappa shape index (κ2) is 6.92. The second-order valence-corrected chi connectivity index (χ2v) is 5.40. The molecule has 19 heavy (non-hydrogen) atoms. The van der Waals surface area contributed by atoms with Crippen LogP contribution in [0.4, 0.5) is 0 Å². The summed E-state index contributed by atoms with van der Waals surface area (Å²) in [6.45, 7) is 7.40. The number of nitrogens with zero attached hydrogens (tertiary/aromatic N) is 1. The summed E-state index contributed by atoms with van der Waals surface area (Å²) in [5, 5.41) is 9.35. The zero-order valence-corrected chi connectivity index (χ0v) is 12.0. The number of benzene rings is 1. The van der Waals surface area contributed by atoms with Crippen LogP contribution in [0.5, 0.6) is 5.75 Å². The molecule has 1 aliphatic rings. The largest absolute Gasteiger partial charge is 0.508 e. The molecular weight excluding hydrogens is 238 g/mol. The lowest BCUT2D eigenvalue weighted by atomic mass is 10.0. The fourth-order valence-corrected chi connectivity index (χ4v) is 2.70. The van der Waals surface area contributed by atoms with Gasteiger partial charge in [-0.25, -0.2) is 0 Å². The summed E-state index contributed by atoms with van der Waals surface area (Å²) < 4.78 is 5.89. The number of ether oxygens (including phenoxy) is 1. The molecule has 1 aromatic rings. The Morgan fingerprint density at radius 1 is 1.37 bits per heavy atom. The summed E-state index contributed by atoms with van der Waals surface area (Å²) in [4.78, 5) is 2.48. The van der Waals surface area contributed by atoms with Crippen LogP contribution in [0, 0.1) is 0 Å². The molecule has 0 aliphatic carbocycles. The Kier molecular flexibility index (Phi) is 5.23. The highest BCUT2D eigenvalue weighted by Gasteiger charge is 2.24. The van der Waals surface area contributed by atoms with Gasteiger partial charge < -0.3 is 9.84 Å². The first-order valence-electron chi connectivity index (χ1n) is 7.35. The van der Waals surface area contributed by atoms with E-state index in [1.807, 2.05) is 12.1 Å². The van der Waals surface area contributed by atoms with Crippen LogP contribution in [0.3, 0.4) is 0 Å². The van der Waals surface area contributed by atoms with Crippen molar-refractivity contribution >= 4 is 0 Å². The lowest BCUT2D eigenvalue weighted by Gasteiger charge is -2.36. The molecule has 3 nitrogen and oxygen atoms in total. The molecule has 2 atom stereocenters. The van der Waals surface area contributed by atoms with Crippen LogP contribution < -0.4 is 0 Å². The maximum absolute atomic E-state index is 9.35. The predicted octanol–water partition coefficient (Wildman–Crippen LogP) is 3.34. The zero-order chi connectivity index (χ0) is 13.7. The van der Waals surface area contributed by atoms with E-state index < -0.39 is 0 Å². The Morgan fingerprint density at radius 3 is 2.79 bits per heavy atom. The molecule has 1 aromatic carbocycles. The SMILES string of the molecule is CCCOC1CCCN(C(C)c2ccc(O)cc2)C1. The average molecular weight is 263 g/mol. The van der Waals surface area contributed by atoms with Crippen molar-refractivity contribution in [3.05, 3.63) is 29.8 Å². The van der Waals surface area contributed by atoms with E-state index in [1.165, 1.54) is 18.4 Å². The smallest absolute Gasteiger partial charge is 0.115 e. The molecule has 1 aliphatic heterocycles.